The molecule has 0 N–H and O–H groups in total. The lowest BCUT2D eigenvalue weighted by Gasteiger charge is -2.39. The average molecular weight is 306 g/mol. The van der Waals surface area contributed by atoms with E-state index in [1.165, 1.54) is 18.4 Å². The monoisotopic (exact) mass is 306 g/mol. The van der Waals surface area contributed by atoms with E-state index < -0.39 is 0 Å². The summed E-state index contributed by atoms with van der Waals surface area (Å²) in [5, 5.41) is 0. The first-order chi connectivity index (χ1) is 10.8. The molecule has 0 unspecified atom stereocenters. The second kappa shape index (κ2) is 9.29. The summed E-state index contributed by atoms with van der Waals surface area (Å²) >= 11 is 0. The minimum atomic E-state index is -0.315. The number of benzene rings is 1. The third kappa shape index (κ3) is 5.38. The largest absolute Gasteiger partial charge is 0.377 e. The zero-order valence-corrected chi connectivity index (χ0v) is 14.1. The summed E-state index contributed by atoms with van der Waals surface area (Å²) in [6.07, 6.45) is 5.51. The van der Waals surface area contributed by atoms with Crippen LogP contribution >= 0.6 is 0 Å². The van der Waals surface area contributed by atoms with Gasteiger partial charge in [-0.05, 0) is 44.6 Å². The Balaban J connectivity index is 1.64. The van der Waals surface area contributed by atoms with Crippen molar-refractivity contribution in [1.29, 1.82) is 0 Å². The molecule has 0 radical (unpaired) electrons. The Morgan fingerprint density at radius 3 is 2.23 bits per heavy atom. The fourth-order valence-corrected chi connectivity index (χ4v) is 3.28. The number of hydrogen-bond acceptors (Lipinski definition) is 3. The van der Waals surface area contributed by atoms with Crippen LogP contribution in [-0.4, -0.2) is 25.6 Å². The fraction of sp³-hybridized carbons (Fsp3) is 0.684. The van der Waals surface area contributed by atoms with Crippen LogP contribution in [0.4, 0.5) is 0 Å². The first kappa shape index (κ1) is 17.5. The van der Waals surface area contributed by atoms with Crippen LogP contribution in [0.2, 0.25) is 0 Å². The molecule has 2 rings (SSSR count). The van der Waals surface area contributed by atoms with Gasteiger partial charge in [-0.2, -0.15) is 0 Å². The molecule has 0 aromatic heterocycles. The predicted molar refractivity (Wildman–Crippen MR) is 88.7 cm³/mol. The van der Waals surface area contributed by atoms with Gasteiger partial charge in [-0.3, -0.25) is 0 Å². The highest BCUT2D eigenvalue weighted by Crippen LogP contribution is 2.37. The minimum Gasteiger partial charge on any atom is -0.377 e. The van der Waals surface area contributed by atoms with Crippen LogP contribution in [-0.2, 0) is 20.8 Å². The molecule has 3 nitrogen and oxygen atoms in total. The van der Waals surface area contributed by atoms with Crippen molar-refractivity contribution >= 4 is 0 Å². The van der Waals surface area contributed by atoms with Crippen LogP contribution in [0.15, 0.2) is 30.3 Å². The summed E-state index contributed by atoms with van der Waals surface area (Å²) in [4.78, 5) is 0. The molecule has 1 aromatic rings. The molecule has 0 spiro atoms. The SMILES string of the molecule is CCOC1(OCC)CCC(CCOCc2ccccc2)CC1. The fourth-order valence-electron chi connectivity index (χ4n) is 3.28. The lowest BCUT2D eigenvalue weighted by molar-refractivity contribution is -0.252. The maximum atomic E-state index is 5.89. The molecular weight excluding hydrogens is 276 g/mol. The van der Waals surface area contributed by atoms with E-state index in [1.54, 1.807) is 0 Å². The number of ether oxygens (including phenoxy) is 3. The summed E-state index contributed by atoms with van der Waals surface area (Å²) in [6, 6.07) is 10.4. The lowest BCUT2D eigenvalue weighted by Crippen LogP contribution is -2.40. The highest BCUT2D eigenvalue weighted by molar-refractivity contribution is 5.13. The lowest BCUT2D eigenvalue weighted by atomic mass is 9.83. The van der Waals surface area contributed by atoms with Crippen molar-refractivity contribution in [3.8, 4) is 0 Å². The Labute approximate surface area is 135 Å². The summed E-state index contributed by atoms with van der Waals surface area (Å²) in [7, 11) is 0. The van der Waals surface area contributed by atoms with Crippen molar-refractivity contribution in [1.82, 2.24) is 0 Å². The maximum absolute atomic E-state index is 5.89. The molecule has 1 fully saturated rings. The van der Waals surface area contributed by atoms with Crippen molar-refractivity contribution in [2.75, 3.05) is 19.8 Å². The highest BCUT2D eigenvalue weighted by Gasteiger charge is 2.36. The molecule has 1 saturated carbocycles. The van der Waals surface area contributed by atoms with Crippen molar-refractivity contribution in [2.45, 2.75) is 58.3 Å². The Bertz CT molecular complexity index is 388. The molecule has 3 heteroatoms. The van der Waals surface area contributed by atoms with Crippen molar-refractivity contribution < 1.29 is 14.2 Å². The summed E-state index contributed by atoms with van der Waals surface area (Å²) in [5.74, 6) is 0.426. The molecule has 0 heterocycles. The molecule has 1 aromatic carbocycles. The number of rotatable bonds is 9. The van der Waals surface area contributed by atoms with E-state index in [9.17, 15) is 0 Å². The normalized spacial score (nSPS) is 18.5. The van der Waals surface area contributed by atoms with E-state index in [1.807, 2.05) is 19.9 Å². The van der Waals surface area contributed by atoms with Gasteiger partial charge in [0.05, 0.1) is 6.61 Å². The highest BCUT2D eigenvalue weighted by atomic mass is 16.7. The van der Waals surface area contributed by atoms with E-state index in [0.717, 1.165) is 51.6 Å². The standard InChI is InChI=1S/C19H30O3/c1-3-21-19(22-4-2)13-10-17(11-14-19)12-15-20-16-18-8-6-5-7-9-18/h5-9,17H,3-4,10-16H2,1-2H3. The van der Waals surface area contributed by atoms with Gasteiger partial charge in [0.2, 0.25) is 0 Å². The molecule has 0 atom stereocenters. The van der Waals surface area contributed by atoms with Gasteiger partial charge in [0.15, 0.2) is 5.79 Å². The maximum Gasteiger partial charge on any atom is 0.168 e. The Morgan fingerprint density at radius 1 is 1.00 bits per heavy atom. The summed E-state index contributed by atoms with van der Waals surface area (Å²) in [6.45, 7) is 7.11. The van der Waals surface area contributed by atoms with Gasteiger partial charge < -0.3 is 14.2 Å². The van der Waals surface area contributed by atoms with Crippen LogP contribution in [0.5, 0.6) is 0 Å². The minimum absolute atomic E-state index is 0.315. The van der Waals surface area contributed by atoms with Crippen LogP contribution in [0, 0.1) is 5.92 Å². The Kier molecular flexibility index (Phi) is 7.37. The molecule has 1 aliphatic carbocycles. The molecule has 0 amide bonds. The zero-order valence-electron chi connectivity index (χ0n) is 14.1. The molecule has 0 bridgehead atoms. The van der Waals surface area contributed by atoms with Gasteiger partial charge in [0, 0.05) is 32.7 Å². The first-order valence-corrected chi connectivity index (χ1v) is 8.67. The first-order valence-electron chi connectivity index (χ1n) is 8.67. The van der Waals surface area contributed by atoms with E-state index >= 15 is 0 Å². The topological polar surface area (TPSA) is 27.7 Å². The van der Waals surface area contributed by atoms with Crippen LogP contribution in [0.1, 0.15) is 51.5 Å². The predicted octanol–water partition coefficient (Wildman–Crippen LogP) is 4.55. The Hall–Kier alpha value is -0.900. The van der Waals surface area contributed by atoms with Gasteiger partial charge in [-0.15, -0.1) is 0 Å². The summed E-state index contributed by atoms with van der Waals surface area (Å²) in [5.41, 5.74) is 1.25. The van der Waals surface area contributed by atoms with Crippen LogP contribution < -0.4 is 0 Å². The third-order valence-corrected chi connectivity index (χ3v) is 4.46. The summed E-state index contributed by atoms with van der Waals surface area (Å²) < 4.78 is 17.6. The molecule has 22 heavy (non-hydrogen) atoms. The van der Waals surface area contributed by atoms with Crippen molar-refractivity contribution in [3.05, 3.63) is 35.9 Å². The van der Waals surface area contributed by atoms with Crippen LogP contribution in [0.25, 0.3) is 0 Å². The number of hydrogen-bond donors (Lipinski definition) is 0. The van der Waals surface area contributed by atoms with Gasteiger partial charge in [-0.25, -0.2) is 0 Å². The van der Waals surface area contributed by atoms with Gasteiger partial charge >= 0.3 is 0 Å². The third-order valence-electron chi connectivity index (χ3n) is 4.46. The van der Waals surface area contributed by atoms with Crippen LogP contribution in [0.3, 0.4) is 0 Å². The molecule has 0 aliphatic heterocycles. The van der Waals surface area contributed by atoms with Gasteiger partial charge in [-0.1, -0.05) is 30.3 Å². The van der Waals surface area contributed by atoms with Gasteiger partial charge in [0.1, 0.15) is 0 Å². The zero-order chi connectivity index (χ0) is 15.7. The van der Waals surface area contributed by atoms with E-state index in [0.29, 0.717) is 0 Å². The molecular formula is C19H30O3. The quantitative estimate of drug-likeness (QED) is 0.495. The van der Waals surface area contributed by atoms with Crippen molar-refractivity contribution in [2.24, 2.45) is 5.92 Å². The Morgan fingerprint density at radius 2 is 1.64 bits per heavy atom. The van der Waals surface area contributed by atoms with Gasteiger partial charge in [0.25, 0.3) is 0 Å². The van der Waals surface area contributed by atoms with E-state index in [-0.39, 0.29) is 5.79 Å². The molecule has 1 aliphatic rings. The van der Waals surface area contributed by atoms with E-state index in [2.05, 4.69) is 24.3 Å². The van der Waals surface area contributed by atoms with E-state index in [4.69, 9.17) is 14.2 Å². The molecule has 124 valence electrons. The molecule has 0 saturated heterocycles. The second-order valence-electron chi connectivity index (χ2n) is 6.05. The second-order valence-corrected chi connectivity index (χ2v) is 6.05. The average Bonchev–Trinajstić information content (AvgIpc) is 2.55. The van der Waals surface area contributed by atoms with Crippen molar-refractivity contribution in [3.63, 3.8) is 0 Å². The smallest absolute Gasteiger partial charge is 0.168 e.